The van der Waals surface area contributed by atoms with Crippen LogP contribution in [0.3, 0.4) is 0 Å². The van der Waals surface area contributed by atoms with Crippen molar-refractivity contribution in [3.63, 3.8) is 0 Å². The number of aryl methyl sites for hydroxylation is 2. The molecule has 7 nitrogen and oxygen atoms in total. The number of alkyl carbamates (subject to hydrolysis) is 1. The summed E-state index contributed by atoms with van der Waals surface area (Å²) in [7, 11) is 0. The zero-order valence-corrected chi connectivity index (χ0v) is 25.5. The van der Waals surface area contributed by atoms with Gasteiger partial charge in [-0.25, -0.2) is 4.79 Å². The predicted molar refractivity (Wildman–Crippen MR) is 161 cm³/mol. The molecule has 2 aromatic rings. The topological polar surface area (TPSA) is 87.7 Å². The summed E-state index contributed by atoms with van der Waals surface area (Å²) < 4.78 is 5.52. The molecule has 2 rings (SSSR count). The first-order valence-corrected chi connectivity index (χ1v) is 14.6. The van der Waals surface area contributed by atoms with E-state index >= 15 is 0 Å². The van der Waals surface area contributed by atoms with Crippen LogP contribution in [0.1, 0.15) is 95.0 Å². The van der Waals surface area contributed by atoms with E-state index in [9.17, 15) is 14.4 Å². The third-order valence-corrected chi connectivity index (χ3v) is 6.51. The minimum atomic E-state index is -0.907. The van der Waals surface area contributed by atoms with Crippen LogP contribution in [0.25, 0.3) is 0 Å². The molecule has 3 amide bonds. The number of carbonyl (C=O) groups excluding carboxylic acids is 3. The van der Waals surface area contributed by atoms with Crippen LogP contribution in [0.4, 0.5) is 4.79 Å². The molecule has 0 fully saturated rings. The first-order chi connectivity index (χ1) is 18.9. The fourth-order valence-electron chi connectivity index (χ4n) is 4.72. The SMILES string of the molecule is CCCCCN(C(=O)C(Cc1ccccc1)NC(=O)OC(C)(C)C)C(C(=O)NCCCC)c1cc(C)cc(C)c1. The zero-order chi connectivity index (χ0) is 29.7. The lowest BCUT2D eigenvalue weighted by molar-refractivity contribution is -0.142. The highest BCUT2D eigenvalue weighted by atomic mass is 16.6. The Balaban J connectivity index is 2.56. The van der Waals surface area contributed by atoms with Gasteiger partial charge in [-0.15, -0.1) is 0 Å². The van der Waals surface area contributed by atoms with Crippen LogP contribution >= 0.6 is 0 Å². The molecule has 220 valence electrons. The molecule has 2 atom stereocenters. The number of unbranched alkanes of at least 4 members (excludes halogenated alkanes) is 3. The number of carbonyl (C=O) groups is 3. The van der Waals surface area contributed by atoms with Gasteiger partial charge >= 0.3 is 6.09 Å². The van der Waals surface area contributed by atoms with E-state index in [1.54, 1.807) is 25.7 Å². The standard InChI is InChI=1S/C33H49N3O4/c1-8-10-15-19-36(29(30(37)34-18-11-9-2)27-21-24(3)20-25(4)22-27)31(38)28(23-26-16-13-12-14-17-26)35-32(39)40-33(5,6)7/h12-14,16-17,20-22,28-29H,8-11,15,18-19,23H2,1-7H3,(H,34,37)(H,35,39). The van der Waals surface area contributed by atoms with Crippen molar-refractivity contribution < 1.29 is 19.1 Å². The summed E-state index contributed by atoms with van der Waals surface area (Å²) >= 11 is 0. The molecule has 7 heteroatoms. The molecule has 0 aliphatic heterocycles. The highest BCUT2D eigenvalue weighted by molar-refractivity contribution is 5.92. The Kier molecular flexibility index (Phi) is 13.2. The molecule has 0 saturated heterocycles. The molecule has 0 bridgehead atoms. The molecule has 2 unspecified atom stereocenters. The Morgan fingerprint density at radius 3 is 2.10 bits per heavy atom. The van der Waals surface area contributed by atoms with Gasteiger partial charge in [-0.3, -0.25) is 9.59 Å². The summed E-state index contributed by atoms with van der Waals surface area (Å²) in [5.74, 6) is -0.514. The average Bonchev–Trinajstić information content (AvgIpc) is 2.86. The molecule has 0 aliphatic rings. The first-order valence-electron chi connectivity index (χ1n) is 14.6. The van der Waals surface area contributed by atoms with E-state index < -0.39 is 23.8 Å². The molecule has 2 aromatic carbocycles. The van der Waals surface area contributed by atoms with Crippen LogP contribution in [-0.4, -0.2) is 47.5 Å². The summed E-state index contributed by atoms with van der Waals surface area (Å²) in [6.45, 7) is 14.5. The first kappa shape index (κ1) is 32.9. The van der Waals surface area contributed by atoms with E-state index in [0.717, 1.165) is 54.4 Å². The van der Waals surface area contributed by atoms with Crippen LogP contribution in [-0.2, 0) is 20.7 Å². The monoisotopic (exact) mass is 551 g/mol. The van der Waals surface area contributed by atoms with Gasteiger partial charge in [0.25, 0.3) is 0 Å². The summed E-state index contributed by atoms with van der Waals surface area (Å²) in [6.07, 6.45) is 4.06. The van der Waals surface area contributed by atoms with Gasteiger partial charge in [-0.1, -0.05) is 92.8 Å². The van der Waals surface area contributed by atoms with E-state index in [0.29, 0.717) is 13.1 Å². The Bertz CT molecular complexity index is 1070. The minimum absolute atomic E-state index is 0.209. The van der Waals surface area contributed by atoms with Gasteiger partial charge in [-0.2, -0.15) is 0 Å². The smallest absolute Gasteiger partial charge is 0.408 e. The largest absolute Gasteiger partial charge is 0.444 e. The minimum Gasteiger partial charge on any atom is -0.444 e. The van der Waals surface area contributed by atoms with E-state index in [1.807, 2.05) is 56.3 Å². The highest BCUT2D eigenvalue weighted by Gasteiger charge is 2.36. The van der Waals surface area contributed by atoms with Crippen molar-refractivity contribution >= 4 is 17.9 Å². The summed E-state index contributed by atoms with van der Waals surface area (Å²) in [5, 5.41) is 5.89. The lowest BCUT2D eigenvalue weighted by atomic mass is 9.97. The second-order valence-electron chi connectivity index (χ2n) is 11.6. The third kappa shape index (κ3) is 11.0. The van der Waals surface area contributed by atoms with Gasteiger partial charge in [0.1, 0.15) is 17.7 Å². The van der Waals surface area contributed by atoms with Gasteiger partial charge in [0.2, 0.25) is 11.8 Å². The highest BCUT2D eigenvalue weighted by Crippen LogP contribution is 2.26. The quantitative estimate of drug-likeness (QED) is 0.265. The summed E-state index contributed by atoms with van der Waals surface area (Å²) in [6, 6.07) is 13.9. The maximum atomic E-state index is 14.4. The van der Waals surface area contributed by atoms with Gasteiger partial charge < -0.3 is 20.3 Å². The van der Waals surface area contributed by atoms with Crippen molar-refractivity contribution in [1.82, 2.24) is 15.5 Å². The lowest BCUT2D eigenvalue weighted by Crippen LogP contribution is -2.54. The Morgan fingerprint density at radius 2 is 1.52 bits per heavy atom. The van der Waals surface area contributed by atoms with Gasteiger partial charge in [-0.05, 0) is 58.6 Å². The van der Waals surface area contributed by atoms with Gasteiger partial charge in [0, 0.05) is 19.5 Å². The fraction of sp³-hybridized carbons (Fsp3) is 0.545. The number of nitrogens with zero attached hydrogens (tertiary/aromatic N) is 1. The van der Waals surface area contributed by atoms with Crippen LogP contribution < -0.4 is 10.6 Å². The number of ether oxygens (including phenoxy) is 1. The van der Waals surface area contributed by atoms with Gasteiger partial charge in [0.05, 0.1) is 0 Å². The molecule has 2 N–H and O–H groups in total. The van der Waals surface area contributed by atoms with E-state index in [1.165, 1.54) is 0 Å². The number of nitrogens with one attached hydrogen (secondary N) is 2. The number of amides is 3. The second-order valence-corrected chi connectivity index (χ2v) is 11.6. The van der Waals surface area contributed by atoms with Crippen molar-refractivity contribution in [2.75, 3.05) is 13.1 Å². The van der Waals surface area contributed by atoms with Crippen molar-refractivity contribution in [1.29, 1.82) is 0 Å². The van der Waals surface area contributed by atoms with Crippen molar-refractivity contribution in [3.05, 3.63) is 70.8 Å². The fourth-order valence-corrected chi connectivity index (χ4v) is 4.72. The summed E-state index contributed by atoms with van der Waals surface area (Å²) in [5.41, 5.74) is 3.00. The average molecular weight is 552 g/mol. The lowest BCUT2D eigenvalue weighted by Gasteiger charge is -2.35. The van der Waals surface area contributed by atoms with E-state index in [4.69, 9.17) is 4.74 Å². The molecule has 0 saturated carbocycles. The van der Waals surface area contributed by atoms with Gasteiger partial charge in [0.15, 0.2) is 0 Å². The maximum Gasteiger partial charge on any atom is 0.408 e. The normalized spacial score (nSPS) is 12.8. The molecular weight excluding hydrogens is 502 g/mol. The predicted octanol–water partition coefficient (Wildman–Crippen LogP) is 6.42. The molecule has 0 spiro atoms. The van der Waals surface area contributed by atoms with E-state index in [2.05, 4.69) is 30.5 Å². The Labute approximate surface area is 241 Å². The molecular formula is C33H49N3O4. The van der Waals surface area contributed by atoms with Crippen LogP contribution in [0.2, 0.25) is 0 Å². The van der Waals surface area contributed by atoms with Crippen molar-refractivity contribution in [2.24, 2.45) is 0 Å². The number of hydrogen-bond acceptors (Lipinski definition) is 4. The van der Waals surface area contributed by atoms with Crippen molar-refractivity contribution in [3.8, 4) is 0 Å². The molecule has 0 heterocycles. The number of rotatable bonds is 14. The molecule has 0 radical (unpaired) electrons. The Hall–Kier alpha value is -3.35. The van der Waals surface area contributed by atoms with Crippen LogP contribution in [0.15, 0.2) is 48.5 Å². The summed E-state index contributed by atoms with van der Waals surface area (Å²) in [4.78, 5) is 42.8. The molecule has 0 aliphatic carbocycles. The van der Waals surface area contributed by atoms with Crippen LogP contribution in [0.5, 0.6) is 0 Å². The van der Waals surface area contributed by atoms with E-state index in [-0.39, 0.29) is 18.2 Å². The van der Waals surface area contributed by atoms with Crippen LogP contribution in [0, 0.1) is 13.8 Å². The Morgan fingerprint density at radius 1 is 0.900 bits per heavy atom. The van der Waals surface area contributed by atoms with Crippen molar-refractivity contribution in [2.45, 2.75) is 105 Å². The third-order valence-electron chi connectivity index (χ3n) is 6.51. The number of benzene rings is 2. The maximum absolute atomic E-state index is 14.4. The molecule has 0 aromatic heterocycles. The molecule has 40 heavy (non-hydrogen) atoms. The number of hydrogen-bond donors (Lipinski definition) is 2. The second kappa shape index (κ2) is 16.0. The zero-order valence-electron chi connectivity index (χ0n) is 25.5.